The van der Waals surface area contributed by atoms with Crippen molar-refractivity contribution >= 4 is 15.9 Å². The van der Waals surface area contributed by atoms with Gasteiger partial charge in [-0.15, -0.1) is 0 Å². The molecule has 2 nitrogen and oxygen atoms in total. The zero-order chi connectivity index (χ0) is 11.5. The van der Waals surface area contributed by atoms with Crippen LogP contribution in [0.4, 0.5) is 13.2 Å². The third-order valence-corrected chi connectivity index (χ3v) is 2.34. The maximum atomic E-state index is 11.9. The molecule has 0 aromatic carbocycles. The summed E-state index contributed by atoms with van der Waals surface area (Å²) in [6.07, 6.45) is -3.67. The molecule has 0 bridgehead atoms. The first kappa shape index (κ1) is 12.4. The molecule has 0 unspecified atom stereocenters. The van der Waals surface area contributed by atoms with Gasteiger partial charge in [0.2, 0.25) is 0 Å². The van der Waals surface area contributed by atoms with Gasteiger partial charge in [0, 0.05) is 23.1 Å². The molecule has 1 atom stereocenters. The predicted octanol–water partition coefficient (Wildman–Crippen LogP) is 3.19. The predicted molar refractivity (Wildman–Crippen MR) is 54.2 cm³/mol. The van der Waals surface area contributed by atoms with Crippen molar-refractivity contribution in [1.82, 2.24) is 4.98 Å². The molecular weight excluding hydrogens is 273 g/mol. The summed E-state index contributed by atoms with van der Waals surface area (Å²) >= 11 is 3.18. The normalized spacial score (nSPS) is 13.9. The van der Waals surface area contributed by atoms with E-state index in [1.807, 2.05) is 0 Å². The molecule has 1 rings (SSSR count). The molecule has 0 aliphatic rings. The van der Waals surface area contributed by atoms with E-state index in [1.54, 1.807) is 12.1 Å². The topological polar surface area (TPSA) is 38.9 Å². The maximum Gasteiger partial charge on any atom is 0.389 e. The first-order valence-corrected chi connectivity index (χ1v) is 5.11. The lowest BCUT2D eigenvalue weighted by Gasteiger charge is -2.12. The Balaban J connectivity index is 2.54. The van der Waals surface area contributed by atoms with Crippen molar-refractivity contribution in [2.45, 2.75) is 25.1 Å². The fourth-order valence-corrected chi connectivity index (χ4v) is 1.31. The van der Waals surface area contributed by atoms with Gasteiger partial charge in [0.05, 0.1) is 5.69 Å². The minimum Gasteiger partial charge on any atom is -0.323 e. The summed E-state index contributed by atoms with van der Waals surface area (Å²) in [5.74, 6) is 0. The fraction of sp³-hybridized carbons (Fsp3) is 0.444. The second-order valence-corrected chi connectivity index (χ2v) is 4.08. The van der Waals surface area contributed by atoms with Crippen LogP contribution in [-0.4, -0.2) is 11.2 Å². The number of hydrogen-bond acceptors (Lipinski definition) is 2. The highest BCUT2D eigenvalue weighted by Gasteiger charge is 2.27. The molecule has 0 fully saturated rings. The van der Waals surface area contributed by atoms with Crippen molar-refractivity contribution in [3.63, 3.8) is 0 Å². The Bertz CT molecular complexity index is 310. The standard InChI is InChI=1S/C9H10BrF3N2/c10-6-1-2-8(15-5-6)7(14)3-4-9(11,12)13/h1-2,5,7H,3-4,14H2/t7-/m0/s1. The zero-order valence-corrected chi connectivity index (χ0v) is 9.35. The summed E-state index contributed by atoms with van der Waals surface area (Å²) in [5, 5.41) is 0. The summed E-state index contributed by atoms with van der Waals surface area (Å²) in [6, 6.07) is 2.65. The van der Waals surface area contributed by atoms with Crippen molar-refractivity contribution in [2.24, 2.45) is 5.73 Å². The molecule has 1 aromatic heterocycles. The molecule has 0 aliphatic carbocycles. The van der Waals surface area contributed by atoms with Crippen molar-refractivity contribution < 1.29 is 13.2 Å². The van der Waals surface area contributed by atoms with Gasteiger partial charge in [-0.25, -0.2) is 0 Å². The largest absolute Gasteiger partial charge is 0.389 e. The van der Waals surface area contributed by atoms with Crippen molar-refractivity contribution in [3.05, 3.63) is 28.5 Å². The van der Waals surface area contributed by atoms with E-state index in [1.165, 1.54) is 6.20 Å². The highest BCUT2D eigenvalue weighted by molar-refractivity contribution is 9.10. The molecular formula is C9H10BrF3N2. The summed E-state index contributed by atoms with van der Waals surface area (Å²) in [4.78, 5) is 3.94. The third-order valence-electron chi connectivity index (χ3n) is 1.87. The lowest BCUT2D eigenvalue weighted by molar-refractivity contribution is -0.136. The van der Waals surface area contributed by atoms with Crippen LogP contribution >= 0.6 is 15.9 Å². The lowest BCUT2D eigenvalue weighted by atomic mass is 10.1. The molecule has 0 spiro atoms. The molecule has 0 radical (unpaired) electrons. The van der Waals surface area contributed by atoms with Gasteiger partial charge in [0.1, 0.15) is 0 Å². The third kappa shape index (κ3) is 4.61. The van der Waals surface area contributed by atoms with Crippen LogP contribution < -0.4 is 5.73 Å². The number of halogens is 4. The first-order valence-electron chi connectivity index (χ1n) is 4.32. The van der Waals surface area contributed by atoms with Crippen LogP contribution in [0.5, 0.6) is 0 Å². The van der Waals surface area contributed by atoms with E-state index in [0.29, 0.717) is 5.69 Å². The Hall–Kier alpha value is -0.620. The van der Waals surface area contributed by atoms with E-state index < -0.39 is 18.6 Å². The van der Waals surface area contributed by atoms with Gasteiger partial charge >= 0.3 is 6.18 Å². The Morgan fingerprint density at radius 2 is 2.07 bits per heavy atom. The van der Waals surface area contributed by atoms with Gasteiger partial charge in [-0.05, 0) is 34.5 Å². The molecule has 2 N–H and O–H groups in total. The van der Waals surface area contributed by atoms with Gasteiger partial charge in [-0.3, -0.25) is 4.98 Å². The SMILES string of the molecule is N[C@@H](CCC(F)(F)F)c1ccc(Br)cn1. The van der Waals surface area contributed by atoms with Crippen molar-refractivity contribution in [2.75, 3.05) is 0 Å². The minimum absolute atomic E-state index is 0.141. The van der Waals surface area contributed by atoms with Crippen LogP contribution in [0.3, 0.4) is 0 Å². The molecule has 0 saturated carbocycles. The van der Waals surface area contributed by atoms with E-state index in [4.69, 9.17) is 5.73 Å². The molecule has 0 aliphatic heterocycles. The van der Waals surface area contributed by atoms with Gasteiger partial charge in [-0.1, -0.05) is 0 Å². The average Bonchev–Trinajstić information content (AvgIpc) is 2.14. The minimum atomic E-state index is -4.16. The fourth-order valence-electron chi connectivity index (χ4n) is 1.07. The maximum absolute atomic E-state index is 11.9. The number of nitrogens with zero attached hydrogens (tertiary/aromatic N) is 1. The van der Waals surface area contributed by atoms with Gasteiger partial charge in [0.15, 0.2) is 0 Å². The number of alkyl halides is 3. The second kappa shape index (κ2) is 4.94. The molecule has 84 valence electrons. The molecule has 15 heavy (non-hydrogen) atoms. The van der Waals surface area contributed by atoms with Gasteiger partial charge in [-0.2, -0.15) is 13.2 Å². The summed E-state index contributed by atoms with van der Waals surface area (Å²) < 4.78 is 36.5. The zero-order valence-electron chi connectivity index (χ0n) is 7.76. The average molecular weight is 283 g/mol. The molecule has 6 heteroatoms. The number of hydrogen-bond donors (Lipinski definition) is 1. The number of pyridine rings is 1. The van der Waals surface area contributed by atoms with Crippen LogP contribution in [0, 0.1) is 0 Å². The van der Waals surface area contributed by atoms with Crippen LogP contribution in [0.2, 0.25) is 0 Å². The molecule has 0 amide bonds. The quantitative estimate of drug-likeness (QED) is 0.925. The van der Waals surface area contributed by atoms with Crippen LogP contribution in [0.1, 0.15) is 24.6 Å². The van der Waals surface area contributed by atoms with E-state index in [2.05, 4.69) is 20.9 Å². The van der Waals surface area contributed by atoms with Gasteiger partial charge in [0.25, 0.3) is 0 Å². The van der Waals surface area contributed by atoms with Gasteiger partial charge < -0.3 is 5.73 Å². The van der Waals surface area contributed by atoms with E-state index >= 15 is 0 Å². The Kier molecular flexibility index (Phi) is 4.10. The Morgan fingerprint density at radius 3 is 2.53 bits per heavy atom. The summed E-state index contributed by atoms with van der Waals surface area (Å²) in [7, 11) is 0. The number of rotatable bonds is 3. The van der Waals surface area contributed by atoms with E-state index in [-0.39, 0.29) is 6.42 Å². The van der Waals surface area contributed by atoms with Crippen LogP contribution in [-0.2, 0) is 0 Å². The molecule has 0 saturated heterocycles. The van der Waals surface area contributed by atoms with Crippen molar-refractivity contribution in [3.8, 4) is 0 Å². The lowest BCUT2D eigenvalue weighted by Crippen LogP contribution is -2.16. The molecule has 1 aromatic rings. The Morgan fingerprint density at radius 1 is 1.40 bits per heavy atom. The summed E-state index contributed by atoms with van der Waals surface area (Å²) in [5.41, 5.74) is 6.05. The van der Waals surface area contributed by atoms with E-state index in [9.17, 15) is 13.2 Å². The van der Waals surface area contributed by atoms with Crippen LogP contribution in [0.25, 0.3) is 0 Å². The highest BCUT2D eigenvalue weighted by atomic mass is 79.9. The van der Waals surface area contributed by atoms with E-state index in [0.717, 1.165) is 4.47 Å². The van der Waals surface area contributed by atoms with Crippen LogP contribution in [0.15, 0.2) is 22.8 Å². The monoisotopic (exact) mass is 282 g/mol. The first-order chi connectivity index (χ1) is 6.88. The second-order valence-electron chi connectivity index (χ2n) is 3.16. The highest BCUT2D eigenvalue weighted by Crippen LogP contribution is 2.25. The number of nitrogens with two attached hydrogens (primary N) is 1. The van der Waals surface area contributed by atoms with Crippen molar-refractivity contribution in [1.29, 1.82) is 0 Å². The summed E-state index contributed by atoms with van der Waals surface area (Å²) in [6.45, 7) is 0. The smallest absolute Gasteiger partial charge is 0.323 e. The molecule has 1 heterocycles. The Labute approximate surface area is 93.8 Å². The number of aromatic nitrogens is 1.